The van der Waals surface area contributed by atoms with Crippen LogP contribution in [0.15, 0.2) is 0 Å². The Morgan fingerprint density at radius 3 is 1.62 bits per heavy atom. The Labute approximate surface area is 60.2 Å². The number of rotatable bonds is 5. The van der Waals surface area contributed by atoms with Gasteiger partial charge < -0.3 is 0 Å². The predicted octanol–water partition coefficient (Wildman–Crippen LogP) is 3.51. The zero-order chi connectivity index (χ0) is 6.24. The Kier molecular flexibility index (Phi) is 8.37. The molecule has 0 saturated heterocycles. The third-order valence-electron chi connectivity index (χ3n) is 0.525. The molecule has 0 saturated carbocycles. The largest absolute Gasteiger partial charge is 0.0892 e. The maximum absolute atomic E-state index is 2.21. The van der Waals surface area contributed by atoms with Crippen molar-refractivity contribution >= 4 is 21.6 Å². The Balaban J connectivity index is 2.53. The summed E-state index contributed by atoms with van der Waals surface area (Å²) in [5, 5.41) is 0. The molecule has 0 bridgehead atoms. The van der Waals surface area contributed by atoms with Crippen molar-refractivity contribution in [3.05, 3.63) is 11.5 Å². The summed E-state index contributed by atoms with van der Waals surface area (Å²) in [7, 11) is 3.63. The third-order valence-corrected chi connectivity index (χ3v) is 2.72. The normalized spacial score (nSPS) is 9.75. The minimum atomic E-state index is 1.16. The summed E-state index contributed by atoms with van der Waals surface area (Å²) in [6, 6.07) is 0. The van der Waals surface area contributed by atoms with E-state index in [-0.39, 0.29) is 0 Å². The molecule has 0 spiro atoms. The van der Waals surface area contributed by atoms with Gasteiger partial charge in [0.2, 0.25) is 0 Å². The van der Waals surface area contributed by atoms with Gasteiger partial charge in [0.1, 0.15) is 0 Å². The van der Waals surface area contributed by atoms with Gasteiger partial charge in [-0.15, -0.1) is 0 Å². The monoisotopic (exact) mass is 148 g/mol. The predicted molar refractivity (Wildman–Crippen MR) is 44.4 cm³/mol. The van der Waals surface area contributed by atoms with Crippen molar-refractivity contribution in [2.24, 2.45) is 0 Å². The highest BCUT2D eigenvalue weighted by Gasteiger charge is 1.84. The van der Waals surface area contributed by atoms with Gasteiger partial charge in [-0.05, 0) is 12.8 Å². The Morgan fingerprint density at radius 1 is 1.00 bits per heavy atom. The van der Waals surface area contributed by atoms with Crippen LogP contribution in [0, 0.1) is 11.5 Å². The fourth-order valence-electron chi connectivity index (χ4n) is 0.215. The van der Waals surface area contributed by atoms with Crippen LogP contribution in [0.25, 0.3) is 0 Å². The highest BCUT2D eigenvalue weighted by molar-refractivity contribution is 8.78. The van der Waals surface area contributed by atoms with E-state index in [0.717, 1.165) is 12.8 Å². The molecule has 0 nitrogen and oxygen atoms in total. The highest BCUT2D eigenvalue weighted by atomic mass is 33.1. The van der Waals surface area contributed by atoms with Crippen LogP contribution in [-0.2, 0) is 0 Å². The summed E-state index contributed by atoms with van der Waals surface area (Å²) in [6.45, 7) is 4.30. The molecule has 0 aromatic carbocycles. The molecule has 2 radical (unpaired) electrons. The van der Waals surface area contributed by atoms with Gasteiger partial charge in [0.25, 0.3) is 0 Å². The molecule has 0 fully saturated rings. The zero-order valence-electron chi connectivity index (χ0n) is 5.39. The maximum Gasteiger partial charge on any atom is 0.0276 e. The first-order chi connectivity index (χ1) is 3.91. The van der Waals surface area contributed by atoms with Gasteiger partial charge >= 0.3 is 0 Å². The van der Waals surface area contributed by atoms with Crippen LogP contribution in [0.2, 0.25) is 0 Å². The molecule has 8 heavy (non-hydrogen) atoms. The number of hydrogen-bond acceptors (Lipinski definition) is 2. The van der Waals surface area contributed by atoms with Gasteiger partial charge in [0, 0.05) is 11.5 Å². The average Bonchev–Trinajstić information content (AvgIpc) is 1.81. The lowest BCUT2D eigenvalue weighted by Crippen LogP contribution is -1.59. The van der Waals surface area contributed by atoms with Crippen molar-refractivity contribution in [3.63, 3.8) is 0 Å². The summed E-state index contributed by atoms with van der Waals surface area (Å²) in [4.78, 5) is 0. The molecule has 0 rings (SSSR count). The average molecular weight is 148 g/mol. The summed E-state index contributed by atoms with van der Waals surface area (Å²) < 4.78 is 0. The van der Waals surface area contributed by atoms with Crippen molar-refractivity contribution in [2.45, 2.75) is 26.7 Å². The quantitative estimate of drug-likeness (QED) is 0.432. The minimum absolute atomic E-state index is 1.16. The van der Waals surface area contributed by atoms with Crippen LogP contribution < -0.4 is 0 Å². The second-order valence-corrected chi connectivity index (χ2v) is 3.55. The molecule has 0 atom stereocenters. The Morgan fingerprint density at radius 2 is 1.38 bits per heavy atom. The minimum Gasteiger partial charge on any atom is -0.0892 e. The van der Waals surface area contributed by atoms with E-state index in [1.54, 1.807) is 0 Å². The fourth-order valence-corrected chi connectivity index (χ4v) is 1.93. The van der Waals surface area contributed by atoms with Crippen molar-refractivity contribution in [2.75, 3.05) is 0 Å². The highest BCUT2D eigenvalue weighted by Crippen LogP contribution is 2.28. The van der Waals surface area contributed by atoms with Gasteiger partial charge in [0.15, 0.2) is 0 Å². The van der Waals surface area contributed by atoms with E-state index in [4.69, 9.17) is 0 Å². The first-order valence-electron chi connectivity index (χ1n) is 2.87. The van der Waals surface area contributed by atoms with Gasteiger partial charge in [-0.3, -0.25) is 0 Å². The smallest absolute Gasteiger partial charge is 0.0276 e. The van der Waals surface area contributed by atoms with Crippen molar-refractivity contribution in [1.82, 2.24) is 0 Å². The second-order valence-electron chi connectivity index (χ2n) is 1.34. The summed E-state index contributed by atoms with van der Waals surface area (Å²) in [6.07, 6.45) is 2.32. The molecular formula is C6H12S2. The van der Waals surface area contributed by atoms with Crippen molar-refractivity contribution in [1.29, 1.82) is 0 Å². The van der Waals surface area contributed by atoms with E-state index in [2.05, 4.69) is 25.4 Å². The zero-order valence-corrected chi connectivity index (χ0v) is 7.02. The van der Waals surface area contributed by atoms with Crippen LogP contribution in [0.5, 0.6) is 0 Å². The Bertz CT molecular complexity index is 31.5. The van der Waals surface area contributed by atoms with Gasteiger partial charge in [-0.1, -0.05) is 35.4 Å². The van der Waals surface area contributed by atoms with E-state index in [9.17, 15) is 0 Å². The van der Waals surface area contributed by atoms with Crippen LogP contribution in [0.4, 0.5) is 0 Å². The lowest BCUT2D eigenvalue weighted by molar-refractivity contribution is 1.20. The van der Waals surface area contributed by atoms with E-state index < -0.39 is 0 Å². The third kappa shape index (κ3) is 6.70. The lowest BCUT2D eigenvalue weighted by atomic mass is 10.6. The van der Waals surface area contributed by atoms with Crippen LogP contribution in [0.1, 0.15) is 26.7 Å². The number of hydrogen-bond donors (Lipinski definition) is 0. The standard InChI is InChI=1S/C6H12S2/c1-3-5-7-8-6-4-2/h5-6H,3-4H2,1-2H3. The first-order valence-corrected chi connectivity index (χ1v) is 5.14. The first kappa shape index (κ1) is 8.70. The molecule has 0 N–H and O–H groups in total. The van der Waals surface area contributed by atoms with E-state index in [1.807, 2.05) is 21.6 Å². The lowest BCUT2D eigenvalue weighted by Gasteiger charge is -1.92. The molecule has 0 amide bonds. The van der Waals surface area contributed by atoms with Crippen molar-refractivity contribution in [3.8, 4) is 0 Å². The van der Waals surface area contributed by atoms with Gasteiger partial charge in [0.05, 0.1) is 0 Å². The molecule has 0 aliphatic carbocycles. The summed E-state index contributed by atoms with van der Waals surface area (Å²) in [5.41, 5.74) is 0. The second kappa shape index (κ2) is 7.70. The summed E-state index contributed by atoms with van der Waals surface area (Å²) in [5.74, 6) is 4.41. The van der Waals surface area contributed by atoms with E-state index in [1.165, 1.54) is 0 Å². The fraction of sp³-hybridized carbons (Fsp3) is 0.667. The van der Waals surface area contributed by atoms with E-state index in [0.29, 0.717) is 0 Å². The van der Waals surface area contributed by atoms with Crippen LogP contribution in [-0.4, -0.2) is 0 Å². The van der Waals surface area contributed by atoms with E-state index >= 15 is 0 Å². The SMILES string of the molecule is CC[CH]SS[CH]CC. The molecule has 0 aromatic rings. The molecule has 0 aliphatic rings. The van der Waals surface area contributed by atoms with Gasteiger partial charge in [-0.2, -0.15) is 0 Å². The molecule has 48 valence electrons. The van der Waals surface area contributed by atoms with Crippen LogP contribution in [0.3, 0.4) is 0 Å². The maximum atomic E-state index is 2.21. The van der Waals surface area contributed by atoms with Crippen LogP contribution >= 0.6 is 21.6 Å². The molecule has 0 aromatic heterocycles. The molecule has 0 unspecified atom stereocenters. The molecule has 0 heterocycles. The molecular weight excluding hydrogens is 136 g/mol. The van der Waals surface area contributed by atoms with Crippen molar-refractivity contribution < 1.29 is 0 Å². The Hall–Kier alpha value is 0.700. The molecule has 0 aliphatic heterocycles. The summed E-state index contributed by atoms with van der Waals surface area (Å²) >= 11 is 0. The topological polar surface area (TPSA) is 0 Å². The molecule has 2 heteroatoms. The van der Waals surface area contributed by atoms with Gasteiger partial charge in [-0.25, -0.2) is 0 Å².